The smallest absolute Gasteiger partial charge is 0.326 e. The van der Waals surface area contributed by atoms with Gasteiger partial charge in [0.2, 0.25) is 11.8 Å². The summed E-state index contributed by atoms with van der Waals surface area (Å²) in [5, 5.41) is 5.89. The van der Waals surface area contributed by atoms with E-state index in [-0.39, 0.29) is 30.2 Å². The number of aryl methyl sites for hydroxylation is 1. The Morgan fingerprint density at radius 1 is 1.32 bits per heavy atom. The molecular weight excluding hydrogens is 382 g/mol. The van der Waals surface area contributed by atoms with E-state index in [0.717, 1.165) is 0 Å². The van der Waals surface area contributed by atoms with Crippen molar-refractivity contribution in [1.82, 2.24) is 10.1 Å². The lowest BCUT2D eigenvalue weighted by Crippen LogP contribution is -2.44. The van der Waals surface area contributed by atoms with Crippen LogP contribution in [0.1, 0.15) is 53.7 Å². The van der Waals surface area contributed by atoms with Crippen LogP contribution in [0, 0.1) is 6.92 Å². The van der Waals surface area contributed by atoms with E-state index in [2.05, 4.69) is 10.5 Å². The first-order valence-electron chi connectivity index (χ1n) is 9.30. The minimum absolute atomic E-state index is 0.0829. The molecule has 28 heavy (non-hydrogen) atoms. The molecule has 1 heterocycles. The number of carbonyl (C=O) groups excluding carboxylic acids is 3. The zero-order valence-electron chi connectivity index (χ0n) is 17.7. The van der Waals surface area contributed by atoms with Crippen LogP contribution in [0.5, 0.6) is 0 Å². The van der Waals surface area contributed by atoms with Gasteiger partial charge in [0.05, 0.1) is 11.0 Å². The molecule has 0 unspecified atom stereocenters. The molecule has 8 nitrogen and oxygen atoms in total. The minimum atomic E-state index is -0.609. The van der Waals surface area contributed by atoms with E-state index in [9.17, 15) is 14.4 Å². The summed E-state index contributed by atoms with van der Waals surface area (Å²) in [4.78, 5) is 38.5. The molecule has 0 aliphatic carbocycles. The average Bonchev–Trinajstić information content (AvgIpc) is 2.99. The van der Waals surface area contributed by atoms with Gasteiger partial charge < -0.3 is 19.5 Å². The molecule has 1 aromatic heterocycles. The Hall–Kier alpha value is -2.03. The maximum atomic E-state index is 12.7. The average molecular weight is 414 g/mol. The summed E-state index contributed by atoms with van der Waals surface area (Å²) in [6, 6.07) is 1.51. The molecule has 0 bridgehead atoms. The summed E-state index contributed by atoms with van der Waals surface area (Å²) in [6.45, 7) is 12.5. The number of amides is 2. The molecular formula is C19H31N3O5S. The minimum Gasteiger partial charge on any atom is -0.459 e. The van der Waals surface area contributed by atoms with Crippen LogP contribution in [-0.4, -0.2) is 57.0 Å². The van der Waals surface area contributed by atoms with Crippen LogP contribution in [0.2, 0.25) is 0 Å². The molecule has 1 N–H and O–H groups in total. The van der Waals surface area contributed by atoms with E-state index in [1.54, 1.807) is 40.7 Å². The second-order valence-corrected chi connectivity index (χ2v) is 8.96. The fourth-order valence-corrected chi connectivity index (χ4v) is 3.00. The first-order chi connectivity index (χ1) is 12.9. The Morgan fingerprint density at radius 3 is 2.46 bits per heavy atom. The van der Waals surface area contributed by atoms with Crippen molar-refractivity contribution in [3.63, 3.8) is 0 Å². The maximum absolute atomic E-state index is 12.7. The third-order valence-corrected chi connectivity index (χ3v) is 5.00. The first-order valence-corrected chi connectivity index (χ1v) is 10.3. The van der Waals surface area contributed by atoms with Gasteiger partial charge in [-0.05, 0) is 48.0 Å². The molecule has 158 valence electrons. The molecule has 2 amide bonds. The zero-order valence-corrected chi connectivity index (χ0v) is 18.5. The topological polar surface area (TPSA) is 102 Å². The highest BCUT2D eigenvalue weighted by molar-refractivity contribution is 8.01. The van der Waals surface area contributed by atoms with Gasteiger partial charge in [0, 0.05) is 12.1 Å². The van der Waals surface area contributed by atoms with Crippen molar-refractivity contribution in [2.45, 2.75) is 71.8 Å². The molecule has 0 aliphatic heterocycles. The third kappa shape index (κ3) is 8.33. The van der Waals surface area contributed by atoms with Gasteiger partial charge in [-0.3, -0.25) is 14.4 Å². The van der Waals surface area contributed by atoms with Crippen LogP contribution in [0.25, 0.3) is 0 Å². The number of rotatable bonds is 9. The summed E-state index contributed by atoms with van der Waals surface area (Å²) in [5.41, 5.74) is -0.609. The summed E-state index contributed by atoms with van der Waals surface area (Å²) >= 11 is 1.20. The molecule has 0 saturated heterocycles. The lowest BCUT2D eigenvalue weighted by atomic mass is 10.2. The largest absolute Gasteiger partial charge is 0.459 e. The van der Waals surface area contributed by atoms with Crippen molar-refractivity contribution in [3.8, 4) is 0 Å². The Kier molecular flexibility index (Phi) is 9.00. The molecule has 1 rings (SSSR count). The molecule has 0 spiro atoms. The van der Waals surface area contributed by atoms with Gasteiger partial charge >= 0.3 is 5.97 Å². The van der Waals surface area contributed by atoms with Crippen molar-refractivity contribution in [2.24, 2.45) is 0 Å². The van der Waals surface area contributed by atoms with E-state index in [1.807, 2.05) is 13.8 Å². The van der Waals surface area contributed by atoms with Crippen molar-refractivity contribution >= 4 is 35.4 Å². The van der Waals surface area contributed by atoms with Gasteiger partial charge in [0.15, 0.2) is 5.82 Å². The molecule has 9 heteroatoms. The van der Waals surface area contributed by atoms with Gasteiger partial charge in [-0.25, -0.2) is 0 Å². The second-order valence-electron chi connectivity index (χ2n) is 7.63. The lowest BCUT2D eigenvalue weighted by molar-refractivity contribution is -0.159. The summed E-state index contributed by atoms with van der Waals surface area (Å²) in [7, 11) is 0. The number of hydrogen-bond donors (Lipinski definition) is 1. The number of nitrogens with zero attached hydrogens (tertiary/aromatic N) is 2. The van der Waals surface area contributed by atoms with Crippen LogP contribution in [0.3, 0.4) is 0 Å². The lowest BCUT2D eigenvalue weighted by Gasteiger charge is -2.29. The standard InChI is InChI=1S/C19H31N3O5S/c1-8-12(2)22(10-17(24)26-19(5,6)7)16(23)11-28-14(4)18(25)20-15-9-13(3)27-21-15/h9,12,14H,8,10-11H2,1-7H3,(H,20,21,25)/t12-,14+/m0/s1. The molecule has 0 aromatic carbocycles. The number of nitrogens with one attached hydrogen (secondary N) is 1. The molecule has 0 aliphatic rings. The highest BCUT2D eigenvalue weighted by Gasteiger charge is 2.26. The van der Waals surface area contributed by atoms with Gasteiger partial charge in [-0.1, -0.05) is 12.1 Å². The van der Waals surface area contributed by atoms with E-state index < -0.39 is 16.8 Å². The first kappa shape index (κ1) is 24.0. The van der Waals surface area contributed by atoms with Crippen molar-refractivity contribution in [2.75, 3.05) is 17.6 Å². The van der Waals surface area contributed by atoms with Crippen LogP contribution in [-0.2, 0) is 19.1 Å². The highest BCUT2D eigenvalue weighted by Crippen LogP contribution is 2.17. The number of esters is 1. The molecule has 2 atom stereocenters. The van der Waals surface area contributed by atoms with Crippen molar-refractivity contribution in [1.29, 1.82) is 0 Å². The fraction of sp³-hybridized carbons (Fsp3) is 0.684. The SMILES string of the molecule is CC[C@H](C)N(CC(=O)OC(C)(C)C)C(=O)CS[C@H](C)C(=O)Nc1cc(C)on1. The van der Waals surface area contributed by atoms with Gasteiger partial charge in [-0.2, -0.15) is 0 Å². The summed E-state index contributed by atoms with van der Waals surface area (Å²) < 4.78 is 10.2. The predicted molar refractivity (Wildman–Crippen MR) is 109 cm³/mol. The molecule has 0 saturated carbocycles. The number of anilines is 1. The Morgan fingerprint density at radius 2 is 1.96 bits per heavy atom. The quantitative estimate of drug-likeness (QED) is 0.621. The van der Waals surface area contributed by atoms with E-state index in [0.29, 0.717) is 18.0 Å². The van der Waals surface area contributed by atoms with Gasteiger partial charge in [0.25, 0.3) is 0 Å². The number of ether oxygens (including phenoxy) is 1. The number of carbonyl (C=O) groups is 3. The van der Waals surface area contributed by atoms with E-state index >= 15 is 0 Å². The van der Waals surface area contributed by atoms with Crippen LogP contribution >= 0.6 is 11.8 Å². The van der Waals surface area contributed by atoms with Crippen LogP contribution < -0.4 is 5.32 Å². The molecule has 0 radical (unpaired) electrons. The maximum Gasteiger partial charge on any atom is 0.326 e. The molecule has 0 fully saturated rings. The van der Waals surface area contributed by atoms with Crippen LogP contribution in [0.4, 0.5) is 5.82 Å². The van der Waals surface area contributed by atoms with Crippen molar-refractivity contribution < 1.29 is 23.6 Å². The third-order valence-electron chi connectivity index (χ3n) is 3.87. The Balaban J connectivity index is 2.61. The number of thioether (sulfide) groups is 1. The second kappa shape index (κ2) is 10.5. The zero-order chi connectivity index (χ0) is 21.5. The monoisotopic (exact) mass is 413 g/mol. The Labute approximate surface area is 170 Å². The molecule has 1 aromatic rings. The normalized spacial score (nSPS) is 13.5. The number of aromatic nitrogens is 1. The predicted octanol–water partition coefficient (Wildman–Crippen LogP) is 3.01. The van der Waals surface area contributed by atoms with Crippen LogP contribution in [0.15, 0.2) is 10.6 Å². The fourth-order valence-electron chi connectivity index (χ4n) is 2.23. The van der Waals surface area contributed by atoms with E-state index in [1.165, 1.54) is 16.7 Å². The summed E-state index contributed by atoms with van der Waals surface area (Å²) in [6.07, 6.45) is 0.709. The Bertz CT molecular complexity index is 683. The number of hydrogen-bond acceptors (Lipinski definition) is 7. The van der Waals surface area contributed by atoms with Gasteiger partial charge in [0.1, 0.15) is 17.9 Å². The highest BCUT2D eigenvalue weighted by atomic mass is 32.2. The van der Waals surface area contributed by atoms with E-state index in [4.69, 9.17) is 9.26 Å². The summed E-state index contributed by atoms with van der Waals surface area (Å²) in [5.74, 6) is 0.0953. The van der Waals surface area contributed by atoms with Crippen molar-refractivity contribution in [3.05, 3.63) is 11.8 Å². The van der Waals surface area contributed by atoms with Gasteiger partial charge in [-0.15, -0.1) is 11.8 Å².